The topological polar surface area (TPSA) is 57.5 Å². The van der Waals surface area contributed by atoms with Crippen molar-refractivity contribution in [2.24, 2.45) is 0 Å². The van der Waals surface area contributed by atoms with E-state index < -0.39 is 0 Å². The van der Waals surface area contributed by atoms with Crippen LogP contribution in [-0.4, -0.2) is 23.1 Å². The van der Waals surface area contributed by atoms with Crippen molar-refractivity contribution in [3.05, 3.63) is 35.4 Å². The summed E-state index contributed by atoms with van der Waals surface area (Å²) in [6, 6.07) is 4.77. The van der Waals surface area contributed by atoms with E-state index in [0.717, 1.165) is 0 Å². The molecule has 0 unspecified atom stereocenters. The molecule has 0 saturated heterocycles. The zero-order chi connectivity index (χ0) is 9.68. The molecule has 0 aliphatic carbocycles. The lowest BCUT2D eigenvalue weighted by molar-refractivity contribution is 0.112. The normalized spacial score (nSPS) is 10.5. The molecule has 0 atom stereocenters. The third-order valence-corrected chi connectivity index (χ3v) is 1.64. The zero-order valence-corrected chi connectivity index (χ0v) is 6.97. The van der Waals surface area contributed by atoms with Gasteiger partial charge in [-0.05, 0) is 11.6 Å². The molecule has 68 valence electrons. The van der Waals surface area contributed by atoms with E-state index >= 15 is 0 Å². The molecule has 1 aromatic carbocycles. The van der Waals surface area contributed by atoms with Crippen LogP contribution in [0.4, 0.5) is 0 Å². The molecular weight excluding hydrogens is 168 g/mol. The minimum absolute atomic E-state index is 0.0462. The molecule has 0 aromatic heterocycles. The van der Waals surface area contributed by atoms with E-state index in [0.29, 0.717) is 11.8 Å². The van der Waals surface area contributed by atoms with Crippen LogP contribution < -0.4 is 0 Å². The second-order valence-electron chi connectivity index (χ2n) is 2.48. The number of hydrogen-bond acceptors (Lipinski definition) is 3. The monoisotopic (exact) mass is 178 g/mol. The summed E-state index contributed by atoms with van der Waals surface area (Å²) in [4.78, 5) is 10.6. The average Bonchev–Trinajstić information content (AvgIpc) is 2.15. The van der Waals surface area contributed by atoms with E-state index in [1.807, 2.05) is 0 Å². The number of aromatic hydroxyl groups is 1. The number of aliphatic hydroxyl groups is 1. The molecule has 3 nitrogen and oxygen atoms in total. The summed E-state index contributed by atoms with van der Waals surface area (Å²) in [5.41, 5.74) is 0.844. The Bertz CT molecular complexity index is 329. The summed E-state index contributed by atoms with van der Waals surface area (Å²) < 4.78 is 0. The van der Waals surface area contributed by atoms with E-state index in [2.05, 4.69) is 0 Å². The van der Waals surface area contributed by atoms with Gasteiger partial charge in [0.05, 0.1) is 12.2 Å². The largest absolute Gasteiger partial charge is 0.507 e. The van der Waals surface area contributed by atoms with Gasteiger partial charge < -0.3 is 10.2 Å². The Morgan fingerprint density at radius 3 is 2.77 bits per heavy atom. The van der Waals surface area contributed by atoms with Crippen molar-refractivity contribution in [2.75, 3.05) is 6.61 Å². The third kappa shape index (κ3) is 2.16. The highest BCUT2D eigenvalue weighted by Crippen LogP contribution is 2.19. The lowest BCUT2D eigenvalue weighted by atomic mass is 10.1. The van der Waals surface area contributed by atoms with Crippen LogP contribution in [0.1, 0.15) is 15.9 Å². The van der Waals surface area contributed by atoms with Crippen LogP contribution in [0.3, 0.4) is 0 Å². The van der Waals surface area contributed by atoms with Crippen molar-refractivity contribution in [1.82, 2.24) is 0 Å². The third-order valence-electron chi connectivity index (χ3n) is 1.64. The fourth-order valence-corrected chi connectivity index (χ4v) is 1.02. The molecule has 3 heteroatoms. The summed E-state index contributed by atoms with van der Waals surface area (Å²) in [5.74, 6) is -0.0462. The molecule has 0 amide bonds. The molecule has 13 heavy (non-hydrogen) atoms. The highest BCUT2D eigenvalue weighted by atomic mass is 16.3. The second kappa shape index (κ2) is 4.42. The smallest absolute Gasteiger partial charge is 0.154 e. The van der Waals surface area contributed by atoms with Gasteiger partial charge in [-0.3, -0.25) is 4.79 Å². The van der Waals surface area contributed by atoms with Gasteiger partial charge in [-0.25, -0.2) is 0 Å². The minimum atomic E-state index is -0.0893. The lowest BCUT2D eigenvalue weighted by Crippen LogP contribution is -1.86. The van der Waals surface area contributed by atoms with Gasteiger partial charge >= 0.3 is 0 Å². The number of hydrogen-bond donors (Lipinski definition) is 2. The summed E-state index contributed by atoms with van der Waals surface area (Å²) in [6.45, 7) is -0.0893. The van der Waals surface area contributed by atoms with Gasteiger partial charge in [0, 0.05) is 0 Å². The Morgan fingerprint density at radius 2 is 2.15 bits per heavy atom. The van der Waals surface area contributed by atoms with Crippen LogP contribution in [0.15, 0.2) is 24.3 Å². The Morgan fingerprint density at radius 1 is 1.38 bits per heavy atom. The van der Waals surface area contributed by atoms with Crippen LogP contribution in [-0.2, 0) is 0 Å². The molecule has 0 aliphatic rings. The maximum atomic E-state index is 10.6. The van der Waals surface area contributed by atoms with Crippen molar-refractivity contribution >= 4 is 12.4 Å². The van der Waals surface area contributed by atoms with Crippen LogP contribution in [0.25, 0.3) is 6.08 Å². The molecule has 0 radical (unpaired) electrons. The van der Waals surface area contributed by atoms with Crippen molar-refractivity contribution in [1.29, 1.82) is 0 Å². The molecule has 1 rings (SSSR count). The number of rotatable bonds is 3. The van der Waals surface area contributed by atoms with Crippen LogP contribution in [0.5, 0.6) is 5.75 Å². The first-order chi connectivity index (χ1) is 6.29. The van der Waals surface area contributed by atoms with Gasteiger partial charge in [0.25, 0.3) is 0 Å². The van der Waals surface area contributed by atoms with Gasteiger partial charge in [0.1, 0.15) is 5.75 Å². The SMILES string of the molecule is O=Cc1c(O)cccc1C=CCO. The van der Waals surface area contributed by atoms with Crippen LogP contribution in [0.2, 0.25) is 0 Å². The predicted octanol–water partition coefficient (Wildman–Crippen LogP) is 1.21. The quantitative estimate of drug-likeness (QED) is 0.684. The molecule has 0 spiro atoms. The molecule has 0 fully saturated rings. The van der Waals surface area contributed by atoms with Gasteiger partial charge in [-0.2, -0.15) is 0 Å². The molecule has 1 aromatic rings. The summed E-state index contributed by atoms with van der Waals surface area (Å²) in [6.07, 6.45) is 3.68. The fourth-order valence-electron chi connectivity index (χ4n) is 1.02. The number of phenols is 1. The number of carbonyl (C=O) groups excluding carboxylic acids is 1. The summed E-state index contributed by atoms with van der Waals surface area (Å²) >= 11 is 0. The second-order valence-corrected chi connectivity index (χ2v) is 2.48. The Labute approximate surface area is 76.0 Å². The molecular formula is C10H10O3. The van der Waals surface area contributed by atoms with Gasteiger partial charge in [0.2, 0.25) is 0 Å². The van der Waals surface area contributed by atoms with Crippen molar-refractivity contribution in [3.63, 3.8) is 0 Å². The Hall–Kier alpha value is -1.61. The molecule has 0 bridgehead atoms. The highest BCUT2D eigenvalue weighted by molar-refractivity contribution is 5.85. The first-order valence-corrected chi connectivity index (χ1v) is 3.84. The van der Waals surface area contributed by atoms with Gasteiger partial charge in [-0.15, -0.1) is 0 Å². The lowest BCUT2D eigenvalue weighted by Gasteiger charge is -2.00. The first-order valence-electron chi connectivity index (χ1n) is 3.84. The number of carbonyl (C=O) groups is 1. The van der Waals surface area contributed by atoms with Crippen LogP contribution in [0, 0.1) is 0 Å². The molecule has 2 N–H and O–H groups in total. The van der Waals surface area contributed by atoms with E-state index in [4.69, 9.17) is 5.11 Å². The number of phenolic OH excluding ortho intramolecular Hbond substituents is 1. The van der Waals surface area contributed by atoms with E-state index in [1.54, 1.807) is 18.2 Å². The number of benzene rings is 1. The molecule has 0 aliphatic heterocycles. The zero-order valence-electron chi connectivity index (χ0n) is 6.97. The van der Waals surface area contributed by atoms with Crippen molar-refractivity contribution in [2.45, 2.75) is 0 Å². The average molecular weight is 178 g/mol. The van der Waals surface area contributed by atoms with Crippen LogP contribution >= 0.6 is 0 Å². The first kappa shape index (κ1) is 9.48. The maximum Gasteiger partial charge on any atom is 0.154 e. The minimum Gasteiger partial charge on any atom is -0.507 e. The fraction of sp³-hybridized carbons (Fsp3) is 0.100. The van der Waals surface area contributed by atoms with Gasteiger partial charge in [-0.1, -0.05) is 24.3 Å². The Balaban J connectivity index is 3.12. The Kier molecular flexibility index (Phi) is 3.23. The van der Waals surface area contributed by atoms with E-state index in [1.165, 1.54) is 12.1 Å². The van der Waals surface area contributed by atoms with Crippen molar-refractivity contribution in [3.8, 4) is 5.75 Å². The summed E-state index contributed by atoms with van der Waals surface area (Å²) in [5, 5.41) is 17.8. The van der Waals surface area contributed by atoms with Crippen molar-refractivity contribution < 1.29 is 15.0 Å². The highest BCUT2D eigenvalue weighted by Gasteiger charge is 2.02. The van der Waals surface area contributed by atoms with E-state index in [9.17, 15) is 9.90 Å². The molecule has 0 saturated carbocycles. The van der Waals surface area contributed by atoms with E-state index in [-0.39, 0.29) is 17.9 Å². The number of aldehydes is 1. The predicted molar refractivity (Wildman–Crippen MR) is 49.6 cm³/mol. The molecule has 0 heterocycles. The van der Waals surface area contributed by atoms with Gasteiger partial charge in [0.15, 0.2) is 6.29 Å². The number of aliphatic hydroxyl groups excluding tert-OH is 1. The summed E-state index contributed by atoms with van der Waals surface area (Å²) in [7, 11) is 0. The maximum absolute atomic E-state index is 10.6. The standard InChI is InChI=1S/C10H10O3/c11-6-2-4-8-3-1-5-10(13)9(8)7-12/h1-5,7,11,13H,6H2.